The summed E-state index contributed by atoms with van der Waals surface area (Å²) >= 11 is 0. The molecule has 12 heteroatoms. The van der Waals surface area contributed by atoms with Crippen molar-refractivity contribution in [3.63, 3.8) is 0 Å². The maximum atomic E-state index is 12.8. The van der Waals surface area contributed by atoms with E-state index in [0.29, 0.717) is 36.3 Å². The number of carbonyl (C=O) groups excluding carboxylic acids is 1. The third kappa shape index (κ3) is 6.55. The molecule has 34 heavy (non-hydrogen) atoms. The van der Waals surface area contributed by atoms with E-state index >= 15 is 0 Å². The topological polar surface area (TPSA) is 148 Å². The smallest absolute Gasteiger partial charge is 0.472 e. The number of aliphatic hydroxyl groups is 1. The van der Waals surface area contributed by atoms with E-state index in [2.05, 4.69) is 6.07 Å². The second-order valence-corrected chi connectivity index (χ2v) is 9.89. The Kier molecular flexibility index (Phi) is 9.07. The van der Waals surface area contributed by atoms with Crippen LogP contribution in [0.1, 0.15) is 43.9 Å². The molecule has 1 aromatic carbocycles. The summed E-state index contributed by atoms with van der Waals surface area (Å²) in [6.07, 6.45) is -0.0205. The van der Waals surface area contributed by atoms with Gasteiger partial charge in [-0.1, -0.05) is 0 Å². The predicted molar refractivity (Wildman–Crippen MR) is 119 cm³/mol. The second-order valence-electron chi connectivity index (χ2n) is 8.48. The lowest BCUT2D eigenvalue weighted by Gasteiger charge is -2.47. The molecule has 0 aliphatic carbocycles. The Morgan fingerprint density at radius 2 is 1.94 bits per heavy atom. The number of rotatable bonds is 12. The van der Waals surface area contributed by atoms with Crippen LogP contribution in [0.25, 0.3) is 0 Å². The Bertz CT molecular complexity index is 949. The highest BCUT2D eigenvalue weighted by molar-refractivity contribution is 7.47. The van der Waals surface area contributed by atoms with Crippen LogP contribution in [0.3, 0.4) is 0 Å². The Labute approximate surface area is 198 Å². The molecule has 1 unspecified atom stereocenters. The van der Waals surface area contributed by atoms with Gasteiger partial charge in [0.15, 0.2) is 0 Å². The van der Waals surface area contributed by atoms with E-state index in [1.54, 1.807) is 36.9 Å². The Balaban J connectivity index is 1.74. The van der Waals surface area contributed by atoms with Crippen molar-refractivity contribution in [3.8, 4) is 11.8 Å². The molecule has 0 bridgehead atoms. The first kappa shape index (κ1) is 26.6. The summed E-state index contributed by atoms with van der Waals surface area (Å²) in [6.45, 7) is 4.34. The van der Waals surface area contributed by atoms with Gasteiger partial charge in [-0.05, 0) is 38.5 Å². The monoisotopic (exact) mass is 498 g/mol. The fraction of sp³-hybridized carbons (Fsp3) is 0.636. The summed E-state index contributed by atoms with van der Waals surface area (Å²) in [6, 6.07) is 6.24. The number of hydrogen-bond acceptors (Lipinski definition) is 9. The minimum Gasteiger partial charge on any atom is -0.485 e. The molecule has 1 aromatic rings. The Morgan fingerprint density at radius 3 is 2.59 bits per heavy atom. The minimum atomic E-state index is -4.56. The number of phosphoric acid groups is 1. The van der Waals surface area contributed by atoms with E-state index in [9.17, 15) is 19.5 Å². The highest BCUT2D eigenvalue weighted by Crippen LogP contribution is 2.53. The molecular formula is C22H31N2O9P. The van der Waals surface area contributed by atoms with Gasteiger partial charge in [0.2, 0.25) is 5.91 Å². The molecule has 11 nitrogen and oxygen atoms in total. The molecule has 3 atom stereocenters. The number of carbonyl (C=O) groups is 1. The van der Waals surface area contributed by atoms with Crippen molar-refractivity contribution in [2.75, 3.05) is 46.2 Å². The van der Waals surface area contributed by atoms with E-state index in [-0.39, 0.29) is 45.5 Å². The molecule has 188 valence electrons. The number of hydrogen-bond donors (Lipinski definition) is 2. The highest BCUT2D eigenvalue weighted by Gasteiger charge is 2.52. The number of fused-ring (bicyclic) bond motifs is 1. The molecule has 0 radical (unpaired) electrons. The van der Waals surface area contributed by atoms with E-state index < -0.39 is 25.6 Å². The summed E-state index contributed by atoms with van der Waals surface area (Å²) in [4.78, 5) is 24.7. The van der Waals surface area contributed by atoms with Gasteiger partial charge in [-0.3, -0.25) is 13.8 Å². The molecule has 3 rings (SSSR count). The molecule has 2 aliphatic rings. The summed E-state index contributed by atoms with van der Waals surface area (Å²) in [5.41, 5.74) is -0.164. The summed E-state index contributed by atoms with van der Waals surface area (Å²) < 4.78 is 39.9. The van der Waals surface area contributed by atoms with Gasteiger partial charge in [0.05, 0.1) is 57.3 Å². The molecular weight excluding hydrogens is 467 g/mol. The van der Waals surface area contributed by atoms with Crippen LogP contribution in [-0.2, 0) is 27.9 Å². The van der Waals surface area contributed by atoms with E-state index in [1.807, 2.05) is 0 Å². The molecule has 1 fully saturated rings. The lowest BCUT2D eigenvalue weighted by molar-refractivity contribution is -0.139. The molecule has 0 saturated carbocycles. The predicted octanol–water partition coefficient (Wildman–Crippen LogP) is 1.92. The van der Waals surface area contributed by atoms with Gasteiger partial charge in [0, 0.05) is 18.5 Å². The number of phosphoric ester groups is 1. The molecule has 1 amide bonds. The van der Waals surface area contributed by atoms with Gasteiger partial charge >= 0.3 is 7.82 Å². The zero-order valence-corrected chi connectivity index (χ0v) is 20.2. The number of nitriles is 1. The van der Waals surface area contributed by atoms with Crippen molar-refractivity contribution >= 4 is 13.7 Å². The third-order valence-corrected chi connectivity index (χ3v) is 6.59. The first-order chi connectivity index (χ1) is 16.2. The van der Waals surface area contributed by atoms with Crippen LogP contribution in [-0.4, -0.2) is 78.7 Å². The fourth-order valence-electron chi connectivity index (χ4n) is 4.08. The van der Waals surface area contributed by atoms with Crippen LogP contribution in [0.5, 0.6) is 5.75 Å². The van der Waals surface area contributed by atoms with Crippen molar-refractivity contribution in [1.82, 2.24) is 4.90 Å². The fourth-order valence-corrected chi connectivity index (χ4v) is 5.10. The number of aliphatic hydroxyl groups excluding tert-OH is 1. The van der Waals surface area contributed by atoms with Crippen molar-refractivity contribution in [2.24, 2.45) is 0 Å². The quantitative estimate of drug-likeness (QED) is 0.323. The van der Waals surface area contributed by atoms with Crippen LogP contribution in [0.2, 0.25) is 0 Å². The summed E-state index contributed by atoms with van der Waals surface area (Å²) in [5.74, 6) is 0.383. The Morgan fingerprint density at radius 1 is 1.24 bits per heavy atom. The molecule has 2 N–H and O–H groups in total. The zero-order valence-electron chi connectivity index (χ0n) is 19.3. The van der Waals surface area contributed by atoms with Crippen LogP contribution < -0.4 is 4.74 Å². The normalized spacial score (nSPS) is 23.1. The van der Waals surface area contributed by atoms with Gasteiger partial charge in [-0.25, -0.2) is 4.57 Å². The third-order valence-electron chi connectivity index (χ3n) is 5.58. The lowest BCUT2D eigenvalue weighted by atomic mass is 9.85. The number of likely N-dealkylation sites (tertiary alicyclic amines) is 1. The minimum absolute atomic E-state index is 0.0311. The lowest BCUT2D eigenvalue weighted by Crippen LogP contribution is -2.54. The maximum Gasteiger partial charge on any atom is 0.472 e. The Hall–Kier alpha value is -2.03. The van der Waals surface area contributed by atoms with E-state index in [4.69, 9.17) is 28.4 Å². The van der Waals surface area contributed by atoms with Gasteiger partial charge < -0.3 is 29.1 Å². The molecule has 2 heterocycles. The average molecular weight is 498 g/mol. The van der Waals surface area contributed by atoms with E-state index in [1.165, 1.54) is 0 Å². The number of benzene rings is 1. The van der Waals surface area contributed by atoms with Gasteiger partial charge in [0.25, 0.3) is 0 Å². The summed E-state index contributed by atoms with van der Waals surface area (Å²) in [7, 11) is -4.56. The van der Waals surface area contributed by atoms with Crippen molar-refractivity contribution in [1.29, 1.82) is 5.26 Å². The second kappa shape index (κ2) is 11.6. The van der Waals surface area contributed by atoms with Crippen LogP contribution in [0, 0.1) is 11.3 Å². The number of ether oxygens (including phenoxy) is 3. The van der Waals surface area contributed by atoms with Crippen molar-refractivity contribution in [2.45, 2.75) is 44.4 Å². The summed E-state index contributed by atoms with van der Waals surface area (Å²) in [5, 5.41) is 18.0. The molecule has 1 saturated heterocycles. The first-order valence-electron chi connectivity index (χ1n) is 11.1. The van der Waals surface area contributed by atoms with Crippen LogP contribution >= 0.6 is 7.82 Å². The first-order valence-corrected chi connectivity index (χ1v) is 12.6. The molecule has 0 spiro atoms. The number of nitrogens with zero attached hydrogens (tertiary/aromatic N) is 2. The van der Waals surface area contributed by atoms with Crippen LogP contribution in [0.15, 0.2) is 18.2 Å². The largest absolute Gasteiger partial charge is 0.485 e. The van der Waals surface area contributed by atoms with Gasteiger partial charge in [-0.15, -0.1) is 0 Å². The molecule has 2 aliphatic heterocycles. The van der Waals surface area contributed by atoms with Gasteiger partial charge in [-0.2, -0.15) is 5.26 Å². The van der Waals surface area contributed by atoms with Crippen molar-refractivity contribution in [3.05, 3.63) is 29.3 Å². The standard InChI is InChI=1S/C22H31N2O9P/c1-22(2)21(33-34(27,28)31-13-12-30-11-10-29-9-8-25)20(24-7-3-4-19(24)26)17-14-16(15-23)5-6-18(17)32-22/h5-6,14,20-21,25H,3-4,7-13H2,1-2H3,(H,27,28)/t20-,21+/m1/s1. The SMILES string of the molecule is CC1(C)Oc2ccc(C#N)cc2[C@@H](N2CCCC2=O)[C@@H]1OP(=O)(O)OCCOCCOCCO. The molecule has 0 aromatic heterocycles. The van der Waals surface area contributed by atoms with Gasteiger partial charge in [0.1, 0.15) is 17.5 Å². The maximum absolute atomic E-state index is 12.8. The highest BCUT2D eigenvalue weighted by atomic mass is 31.2. The van der Waals surface area contributed by atoms with Crippen molar-refractivity contribution < 1.29 is 42.6 Å². The number of amides is 1. The van der Waals surface area contributed by atoms with Crippen LogP contribution in [0.4, 0.5) is 0 Å². The zero-order chi connectivity index (χ0) is 24.8. The van der Waals surface area contributed by atoms with E-state index in [0.717, 1.165) is 0 Å². The average Bonchev–Trinajstić information content (AvgIpc) is 3.21.